The van der Waals surface area contributed by atoms with Crippen molar-refractivity contribution in [3.8, 4) is 0 Å². The van der Waals surface area contributed by atoms with Crippen LogP contribution in [0.25, 0.3) is 10.8 Å². The lowest BCUT2D eigenvalue weighted by Crippen LogP contribution is -2.00. The van der Waals surface area contributed by atoms with E-state index in [4.69, 9.17) is 4.42 Å². The lowest BCUT2D eigenvalue weighted by atomic mass is 10.1. The smallest absolute Gasteiger partial charge is 0.343 e. The first-order valence-electron chi connectivity index (χ1n) is 4.18. The predicted molar refractivity (Wildman–Crippen MR) is 52.0 cm³/mol. The number of aryl methyl sites for hydroxylation is 2. The molecule has 66 valence electrons. The maximum absolute atomic E-state index is 11.4. The zero-order valence-corrected chi connectivity index (χ0v) is 7.63. The van der Waals surface area contributed by atoms with Crippen LogP contribution in [-0.2, 0) is 0 Å². The van der Waals surface area contributed by atoms with E-state index in [1.54, 1.807) is 6.92 Å². The largest absolute Gasteiger partial charge is 0.428 e. The van der Waals surface area contributed by atoms with E-state index in [0.717, 1.165) is 10.9 Å². The zero-order valence-electron chi connectivity index (χ0n) is 7.63. The van der Waals surface area contributed by atoms with Crippen molar-refractivity contribution < 1.29 is 4.42 Å². The Labute approximate surface area is 75.8 Å². The van der Waals surface area contributed by atoms with E-state index in [0.29, 0.717) is 11.1 Å². The van der Waals surface area contributed by atoms with Gasteiger partial charge in [-0.25, -0.2) is 4.79 Å². The van der Waals surface area contributed by atoms with E-state index < -0.39 is 0 Å². The van der Waals surface area contributed by atoms with Crippen molar-refractivity contribution in [3.05, 3.63) is 46.0 Å². The van der Waals surface area contributed by atoms with E-state index in [-0.39, 0.29) is 5.63 Å². The fourth-order valence-corrected chi connectivity index (χ4v) is 1.42. The van der Waals surface area contributed by atoms with Crippen LogP contribution in [0.4, 0.5) is 0 Å². The van der Waals surface area contributed by atoms with Gasteiger partial charge in [-0.05, 0) is 31.4 Å². The molecule has 0 saturated carbocycles. The van der Waals surface area contributed by atoms with E-state index in [2.05, 4.69) is 0 Å². The highest BCUT2D eigenvalue weighted by Crippen LogP contribution is 2.13. The summed E-state index contributed by atoms with van der Waals surface area (Å²) < 4.78 is 4.99. The molecule has 1 aromatic heterocycles. The number of benzene rings is 1. The van der Waals surface area contributed by atoms with Gasteiger partial charge in [0.2, 0.25) is 0 Å². The molecule has 0 atom stereocenters. The molecule has 2 nitrogen and oxygen atoms in total. The van der Waals surface area contributed by atoms with E-state index >= 15 is 0 Å². The molecule has 0 bridgehead atoms. The van der Waals surface area contributed by atoms with Gasteiger partial charge >= 0.3 is 5.63 Å². The summed E-state index contributed by atoms with van der Waals surface area (Å²) in [6.07, 6.45) is 0. The number of hydrogen-bond acceptors (Lipinski definition) is 2. The Balaban J connectivity index is 2.95. The monoisotopic (exact) mass is 174 g/mol. The standard InChI is InChI=1S/C11H10O2/c1-7-3-4-9-6-8(2)13-11(12)10(9)5-7/h3-6H,1-2H3. The van der Waals surface area contributed by atoms with Crippen LogP contribution in [0.1, 0.15) is 11.3 Å². The Morgan fingerprint density at radius 3 is 2.69 bits per heavy atom. The number of rotatable bonds is 0. The summed E-state index contributed by atoms with van der Waals surface area (Å²) in [4.78, 5) is 11.4. The molecule has 2 heteroatoms. The van der Waals surface area contributed by atoms with Gasteiger partial charge in [-0.3, -0.25) is 0 Å². The van der Waals surface area contributed by atoms with Gasteiger partial charge in [-0.2, -0.15) is 0 Å². The topological polar surface area (TPSA) is 30.2 Å². The third kappa shape index (κ3) is 1.35. The van der Waals surface area contributed by atoms with Gasteiger partial charge in [0.25, 0.3) is 0 Å². The van der Waals surface area contributed by atoms with Crippen LogP contribution in [0, 0.1) is 13.8 Å². The summed E-state index contributed by atoms with van der Waals surface area (Å²) in [5.74, 6) is 0.654. The first-order valence-corrected chi connectivity index (χ1v) is 4.18. The average Bonchev–Trinajstić information content (AvgIpc) is 2.06. The van der Waals surface area contributed by atoms with E-state index in [9.17, 15) is 4.79 Å². The molecule has 2 rings (SSSR count). The molecule has 0 aliphatic rings. The maximum Gasteiger partial charge on any atom is 0.343 e. The molecule has 0 aliphatic heterocycles. The minimum absolute atomic E-state index is 0.251. The highest BCUT2D eigenvalue weighted by molar-refractivity contribution is 5.81. The van der Waals surface area contributed by atoms with Gasteiger partial charge in [0, 0.05) is 0 Å². The second-order valence-electron chi connectivity index (χ2n) is 3.24. The quantitative estimate of drug-likeness (QED) is 0.614. The lowest BCUT2D eigenvalue weighted by Gasteiger charge is -1.98. The van der Waals surface area contributed by atoms with Crippen molar-refractivity contribution in [2.24, 2.45) is 0 Å². The summed E-state index contributed by atoms with van der Waals surface area (Å²) in [5, 5.41) is 1.60. The van der Waals surface area contributed by atoms with Crippen LogP contribution in [0.5, 0.6) is 0 Å². The molecule has 0 spiro atoms. The molecule has 1 heterocycles. The fraction of sp³-hybridized carbons (Fsp3) is 0.182. The van der Waals surface area contributed by atoms with Crippen LogP contribution in [-0.4, -0.2) is 0 Å². The highest BCUT2D eigenvalue weighted by atomic mass is 16.4. The Morgan fingerprint density at radius 2 is 1.92 bits per heavy atom. The molecule has 0 radical (unpaired) electrons. The van der Waals surface area contributed by atoms with Gasteiger partial charge < -0.3 is 4.42 Å². The molecule has 0 N–H and O–H groups in total. The van der Waals surface area contributed by atoms with Crippen LogP contribution in [0.3, 0.4) is 0 Å². The van der Waals surface area contributed by atoms with E-state index in [1.165, 1.54) is 0 Å². The van der Waals surface area contributed by atoms with Crippen LogP contribution < -0.4 is 5.63 Å². The van der Waals surface area contributed by atoms with Crippen molar-refractivity contribution in [2.45, 2.75) is 13.8 Å². The van der Waals surface area contributed by atoms with Crippen molar-refractivity contribution in [3.63, 3.8) is 0 Å². The average molecular weight is 174 g/mol. The zero-order chi connectivity index (χ0) is 9.42. The summed E-state index contributed by atoms with van der Waals surface area (Å²) >= 11 is 0. The van der Waals surface area contributed by atoms with Gasteiger partial charge in [-0.15, -0.1) is 0 Å². The van der Waals surface area contributed by atoms with Crippen LogP contribution in [0.2, 0.25) is 0 Å². The summed E-state index contributed by atoms with van der Waals surface area (Å²) in [6, 6.07) is 7.65. The maximum atomic E-state index is 11.4. The lowest BCUT2D eigenvalue weighted by molar-refractivity contribution is 0.488. The second kappa shape index (κ2) is 2.73. The molecular weight excluding hydrogens is 164 g/mol. The molecule has 0 aliphatic carbocycles. The minimum Gasteiger partial charge on any atom is -0.428 e. The summed E-state index contributed by atoms with van der Waals surface area (Å²) in [6.45, 7) is 3.74. The molecule has 1 aromatic carbocycles. The molecule has 0 amide bonds. The van der Waals surface area contributed by atoms with Crippen molar-refractivity contribution in [1.29, 1.82) is 0 Å². The molecular formula is C11H10O2. The van der Waals surface area contributed by atoms with E-state index in [1.807, 2.05) is 31.2 Å². The molecule has 2 aromatic rings. The number of fused-ring (bicyclic) bond motifs is 1. The normalized spacial score (nSPS) is 10.6. The van der Waals surface area contributed by atoms with Gasteiger partial charge in [0.1, 0.15) is 5.76 Å². The second-order valence-corrected chi connectivity index (χ2v) is 3.24. The summed E-state index contributed by atoms with van der Waals surface area (Å²) in [7, 11) is 0. The van der Waals surface area contributed by atoms with Gasteiger partial charge in [0.05, 0.1) is 5.39 Å². The third-order valence-electron chi connectivity index (χ3n) is 2.04. The van der Waals surface area contributed by atoms with Crippen LogP contribution in [0.15, 0.2) is 33.5 Å². The predicted octanol–water partition coefficient (Wildman–Crippen LogP) is 2.41. The van der Waals surface area contributed by atoms with Crippen molar-refractivity contribution in [1.82, 2.24) is 0 Å². The Bertz CT molecular complexity index is 509. The first-order chi connectivity index (χ1) is 6.16. The van der Waals surface area contributed by atoms with Crippen molar-refractivity contribution in [2.75, 3.05) is 0 Å². The Kier molecular flexibility index (Phi) is 1.69. The Hall–Kier alpha value is -1.57. The third-order valence-corrected chi connectivity index (χ3v) is 2.04. The van der Waals surface area contributed by atoms with Gasteiger partial charge in [0.15, 0.2) is 0 Å². The highest BCUT2D eigenvalue weighted by Gasteiger charge is 2.00. The molecule has 0 saturated heterocycles. The molecule has 0 fully saturated rings. The summed E-state index contributed by atoms with van der Waals surface area (Å²) in [5.41, 5.74) is 0.822. The first kappa shape index (κ1) is 8.05. The SMILES string of the molecule is Cc1ccc2cc(C)oc(=O)c2c1. The van der Waals surface area contributed by atoms with Crippen molar-refractivity contribution >= 4 is 10.8 Å². The van der Waals surface area contributed by atoms with Crippen LogP contribution >= 0.6 is 0 Å². The van der Waals surface area contributed by atoms with Gasteiger partial charge in [-0.1, -0.05) is 17.7 Å². The fourth-order valence-electron chi connectivity index (χ4n) is 1.42. The Morgan fingerprint density at radius 1 is 1.15 bits per heavy atom. The number of hydrogen-bond donors (Lipinski definition) is 0. The molecule has 0 unspecified atom stereocenters. The minimum atomic E-state index is -0.251. The molecule has 13 heavy (non-hydrogen) atoms.